The van der Waals surface area contributed by atoms with E-state index < -0.39 is 18.0 Å². The molecule has 3 aromatic carbocycles. The quantitative estimate of drug-likeness (QED) is 0.111. The second-order valence-electron chi connectivity index (χ2n) is 10.6. The maximum absolute atomic E-state index is 13.1. The van der Waals surface area contributed by atoms with E-state index in [1.165, 1.54) is 34.9 Å². The lowest BCUT2D eigenvalue weighted by Gasteiger charge is -2.22. The Labute approximate surface area is 275 Å². The van der Waals surface area contributed by atoms with Gasteiger partial charge in [0.1, 0.15) is 12.1 Å². The number of rotatable bonds is 9. The second-order valence-corrected chi connectivity index (χ2v) is 12.0. The monoisotopic (exact) mass is 690 g/mol. The molecule has 1 N–H and O–H groups in total. The summed E-state index contributed by atoms with van der Waals surface area (Å²) in [5.41, 5.74) is 7.30. The molecule has 1 aromatic heterocycles. The predicted octanol–water partition coefficient (Wildman–Crippen LogP) is 7.34. The highest BCUT2D eigenvalue weighted by Gasteiger charge is 2.61. The van der Waals surface area contributed by atoms with Gasteiger partial charge in [-0.05, 0) is 72.1 Å². The van der Waals surface area contributed by atoms with E-state index in [0.29, 0.717) is 22.2 Å². The minimum Gasteiger partial charge on any atom is -0.426 e. The van der Waals surface area contributed by atoms with Gasteiger partial charge in [0.05, 0.1) is 23.7 Å². The number of amidine groups is 1. The van der Waals surface area contributed by atoms with Crippen LogP contribution in [0.3, 0.4) is 0 Å². The van der Waals surface area contributed by atoms with E-state index in [1.807, 2.05) is 25.1 Å². The van der Waals surface area contributed by atoms with Crippen molar-refractivity contribution < 1.29 is 36.3 Å². The number of hydrogen-bond donors (Lipinski definition) is 1. The number of nitrogens with zero attached hydrogens (tertiary/aromatic N) is 5. The fourth-order valence-electron chi connectivity index (χ4n) is 4.45. The lowest BCUT2D eigenvalue weighted by atomic mass is 9.99. The van der Waals surface area contributed by atoms with E-state index in [-0.39, 0.29) is 29.3 Å². The first-order valence-corrected chi connectivity index (χ1v) is 15.4. The van der Waals surface area contributed by atoms with Crippen LogP contribution in [-0.4, -0.2) is 49.0 Å². The fraction of sp³-hybridized carbons (Fsp3) is 0.258. The number of halogens is 5. The molecule has 1 saturated heterocycles. The second kappa shape index (κ2) is 13.8. The van der Waals surface area contributed by atoms with Crippen LogP contribution in [0.15, 0.2) is 78.0 Å². The molecule has 4 aromatic rings. The highest BCUT2D eigenvalue weighted by atomic mass is 32.2. The molecule has 0 spiro atoms. The van der Waals surface area contributed by atoms with E-state index in [4.69, 9.17) is 17.1 Å². The number of ether oxygens (including phenoxy) is 1. The van der Waals surface area contributed by atoms with E-state index in [9.17, 15) is 26.7 Å². The maximum Gasteiger partial charge on any atom is 0.499 e. The molecule has 0 bridgehead atoms. The normalized spacial score (nSPS) is 14.7. The number of amides is 1. The Balaban J connectivity index is 1.17. The van der Waals surface area contributed by atoms with E-state index in [1.54, 1.807) is 29.2 Å². The third kappa shape index (κ3) is 7.94. The summed E-state index contributed by atoms with van der Waals surface area (Å²) in [6.45, 7) is 6.24. The third-order valence-electron chi connectivity index (χ3n) is 6.79. The highest BCUT2D eigenvalue weighted by molar-refractivity contribution is 8.15. The number of hydrogen-bond acceptors (Lipinski definition) is 7. The van der Waals surface area contributed by atoms with E-state index in [0.717, 1.165) is 34.5 Å². The van der Waals surface area contributed by atoms with Gasteiger partial charge in [0.2, 0.25) is 11.0 Å². The van der Waals surface area contributed by atoms with Gasteiger partial charge in [-0.25, -0.2) is 15.1 Å². The van der Waals surface area contributed by atoms with Crippen molar-refractivity contribution in [3.63, 3.8) is 0 Å². The number of nitrogens with one attached hydrogen (secondary N) is 1. The molecular formula is C31H27F5N6O3S2. The molecule has 1 aliphatic heterocycles. The Morgan fingerprint density at radius 1 is 1.06 bits per heavy atom. The molecule has 9 nitrogen and oxygen atoms in total. The van der Waals surface area contributed by atoms with Gasteiger partial charge in [-0.15, -0.1) is 5.10 Å². The van der Waals surface area contributed by atoms with Gasteiger partial charge in [0.25, 0.3) is 0 Å². The Bertz CT molecular complexity index is 1790. The molecule has 246 valence electrons. The third-order valence-corrected chi connectivity index (χ3v) is 7.89. The molecule has 1 aliphatic rings. The molecule has 0 aliphatic carbocycles. The zero-order valence-electron chi connectivity index (χ0n) is 25.1. The molecule has 1 fully saturated rings. The zero-order chi connectivity index (χ0) is 33.9. The molecule has 0 radical (unpaired) electrons. The minimum atomic E-state index is -5.84. The topological polar surface area (TPSA) is 93.9 Å². The number of benzene rings is 3. The summed E-state index contributed by atoms with van der Waals surface area (Å²) in [5.74, 6) is 0.0606. The molecular weight excluding hydrogens is 664 g/mol. The van der Waals surface area contributed by atoms with Gasteiger partial charge < -0.3 is 4.74 Å². The van der Waals surface area contributed by atoms with Gasteiger partial charge in [0.15, 0.2) is 11.0 Å². The molecule has 16 heteroatoms. The highest BCUT2D eigenvalue weighted by Crippen LogP contribution is 2.37. The maximum atomic E-state index is 13.1. The van der Waals surface area contributed by atoms with Crippen LogP contribution in [0.4, 0.5) is 27.6 Å². The van der Waals surface area contributed by atoms with Crippen molar-refractivity contribution in [3.8, 4) is 22.8 Å². The number of thiocarbonyl (C=S) groups is 1. The van der Waals surface area contributed by atoms with Crippen LogP contribution in [0, 0.1) is 6.92 Å². The van der Waals surface area contributed by atoms with Crippen molar-refractivity contribution in [2.45, 2.75) is 45.6 Å². The number of aliphatic imine (C=N–C) groups is 1. The van der Waals surface area contributed by atoms with Gasteiger partial charge in [-0.3, -0.25) is 14.5 Å². The van der Waals surface area contributed by atoms with Crippen LogP contribution in [-0.2, 0) is 16.2 Å². The van der Waals surface area contributed by atoms with Crippen LogP contribution < -0.4 is 15.1 Å². The first-order valence-electron chi connectivity index (χ1n) is 14.0. The van der Waals surface area contributed by atoms with Gasteiger partial charge in [-0.2, -0.15) is 26.9 Å². The Morgan fingerprint density at radius 3 is 2.43 bits per heavy atom. The van der Waals surface area contributed by atoms with Crippen molar-refractivity contribution in [2.75, 3.05) is 10.7 Å². The summed E-state index contributed by atoms with van der Waals surface area (Å²) < 4.78 is 68.6. The largest absolute Gasteiger partial charge is 0.499 e. The van der Waals surface area contributed by atoms with Crippen LogP contribution in [0.2, 0.25) is 0 Å². The average molecular weight is 691 g/mol. The summed E-state index contributed by atoms with van der Waals surface area (Å²) in [4.78, 5) is 28.6. The number of alkyl halides is 5. The molecule has 47 heavy (non-hydrogen) atoms. The van der Waals surface area contributed by atoms with Crippen LogP contribution in [0.25, 0.3) is 17.1 Å². The smallest absolute Gasteiger partial charge is 0.426 e. The number of aromatic nitrogens is 3. The van der Waals surface area contributed by atoms with Crippen LogP contribution in [0.5, 0.6) is 5.75 Å². The van der Waals surface area contributed by atoms with Crippen molar-refractivity contribution in [1.29, 1.82) is 0 Å². The number of thioether (sulfide) groups is 1. The molecule has 0 unspecified atom stereocenters. The van der Waals surface area contributed by atoms with Gasteiger partial charge in [0, 0.05) is 5.56 Å². The first kappa shape index (κ1) is 33.9. The number of hydroxylamine groups is 1. The predicted molar refractivity (Wildman–Crippen MR) is 172 cm³/mol. The zero-order valence-corrected chi connectivity index (χ0v) is 26.7. The Kier molecular flexibility index (Phi) is 9.93. The number of carbonyl (C=O) groups is 1. The Morgan fingerprint density at radius 2 is 1.77 bits per heavy atom. The lowest BCUT2D eigenvalue weighted by Crippen LogP contribution is -2.41. The molecule has 1 amide bonds. The number of anilines is 1. The fourth-order valence-corrected chi connectivity index (χ4v) is 5.52. The molecule has 0 saturated carbocycles. The van der Waals surface area contributed by atoms with E-state index >= 15 is 0 Å². The summed E-state index contributed by atoms with van der Waals surface area (Å²) in [6, 6.07) is 17.6. The summed E-state index contributed by atoms with van der Waals surface area (Å²) in [5, 5.41) is 4.87. The lowest BCUT2D eigenvalue weighted by molar-refractivity contribution is -0.360. The van der Waals surface area contributed by atoms with Gasteiger partial charge >= 0.3 is 12.3 Å². The number of carbonyl (C=O) groups excluding carboxylic acids is 1. The van der Waals surface area contributed by atoms with Crippen molar-refractivity contribution in [1.82, 2.24) is 20.2 Å². The van der Waals surface area contributed by atoms with Crippen LogP contribution in [0.1, 0.15) is 36.5 Å². The first-order chi connectivity index (χ1) is 22.2. The van der Waals surface area contributed by atoms with Crippen molar-refractivity contribution in [2.24, 2.45) is 4.99 Å². The van der Waals surface area contributed by atoms with Crippen molar-refractivity contribution in [3.05, 3.63) is 89.7 Å². The Hall–Kier alpha value is -4.41. The van der Waals surface area contributed by atoms with E-state index in [2.05, 4.69) is 39.1 Å². The van der Waals surface area contributed by atoms with Crippen molar-refractivity contribution >= 4 is 45.9 Å². The minimum absolute atomic E-state index is 0.0611. The van der Waals surface area contributed by atoms with Crippen LogP contribution >= 0.6 is 24.0 Å². The average Bonchev–Trinajstić information content (AvgIpc) is 3.64. The SMILES string of the molecule is Cc1ccc(C(C)C)c(N2C(=O)CS/C2=N\C(=S)NOCc2ccc(-c3ncn(-c4ccc(OC(F)(F)C(F)(F)F)cc4)n3)cc2)c1. The molecule has 5 rings (SSSR count). The summed E-state index contributed by atoms with van der Waals surface area (Å²) in [7, 11) is 0. The molecule has 2 heterocycles. The van der Waals surface area contributed by atoms with Gasteiger partial charge in [-0.1, -0.05) is 62.0 Å². The standard InChI is InChI=1S/C31H27F5N6O3S2/c1-18(2)24-13-4-19(3)14-25(24)42-26(43)16-47-29(42)38-28(46)40-44-15-20-5-7-21(8-6-20)27-37-17-41(39-27)22-9-11-23(12-10-22)45-31(35,36)30(32,33)34/h4-14,17-18H,15-16H2,1-3H3,(H,40,46)/b38-29-. The number of aryl methyl sites for hydroxylation is 1. The molecule has 0 atom stereocenters. The summed E-state index contributed by atoms with van der Waals surface area (Å²) >= 11 is 6.65. The summed E-state index contributed by atoms with van der Waals surface area (Å²) in [6.07, 6.45) is -9.79.